The van der Waals surface area contributed by atoms with Crippen molar-refractivity contribution in [3.05, 3.63) is 54.9 Å². The molecule has 0 saturated carbocycles. The number of amides is 2. The Balaban J connectivity index is 1.96. The Kier molecular flexibility index (Phi) is 7.24. The molecule has 0 spiro atoms. The van der Waals surface area contributed by atoms with Crippen molar-refractivity contribution in [2.24, 2.45) is 0 Å². The fourth-order valence-corrected chi connectivity index (χ4v) is 2.83. The average Bonchev–Trinajstić information content (AvgIpc) is 3.00. The highest BCUT2D eigenvalue weighted by atomic mass is 32.2. The Bertz CT molecular complexity index is 731. The standard InChI is InChI=1S/C17H20N4O3S/c1-2-8-18-15(23)10-21-14(11-22)9-19-17(21)25-12-16(24)20-13-6-4-3-5-7-13/h2-7,9,22H,1,8,10-12H2,(H,18,23)(H,20,24). The molecular weight excluding hydrogens is 340 g/mol. The largest absolute Gasteiger partial charge is 0.390 e. The molecule has 8 heteroatoms. The van der Waals surface area contributed by atoms with E-state index in [0.717, 1.165) is 5.69 Å². The number of aromatic nitrogens is 2. The van der Waals surface area contributed by atoms with Crippen LogP contribution in [0, 0.1) is 0 Å². The van der Waals surface area contributed by atoms with Gasteiger partial charge in [-0.05, 0) is 12.1 Å². The number of rotatable bonds is 9. The predicted molar refractivity (Wildman–Crippen MR) is 97.2 cm³/mol. The number of aliphatic hydroxyl groups excluding tert-OH is 1. The number of hydrogen-bond acceptors (Lipinski definition) is 5. The van der Waals surface area contributed by atoms with Crippen molar-refractivity contribution in [3.8, 4) is 0 Å². The molecule has 132 valence electrons. The molecule has 2 rings (SSSR count). The first kappa shape index (κ1) is 18.8. The third kappa shape index (κ3) is 5.77. The molecule has 3 N–H and O–H groups in total. The van der Waals surface area contributed by atoms with Gasteiger partial charge in [0.25, 0.3) is 0 Å². The molecule has 25 heavy (non-hydrogen) atoms. The first-order valence-electron chi connectivity index (χ1n) is 7.64. The van der Waals surface area contributed by atoms with Gasteiger partial charge in [-0.3, -0.25) is 9.59 Å². The van der Waals surface area contributed by atoms with E-state index in [1.165, 1.54) is 18.0 Å². The normalized spacial score (nSPS) is 10.3. The minimum Gasteiger partial charge on any atom is -0.390 e. The van der Waals surface area contributed by atoms with Gasteiger partial charge in [-0.25, -0.2) is 4.98 Å². The number of para-hydroxylation sites is 1. The summed E-state index contributed by atoms with van der Waals surface area (Å²) in [5, 5.41) is 15.4. The fraction of sp³-hybridized carbons (Fsp3) is 0.235. The number of benzene rings is 1. The van der Waals surface area contributed by atoms with Gasteiger partial charge in [0.05, 0.1) is 24.3 Å². The van der Waals surface area contributed by atoms with Crippen LogP contribution in [0.3, 0.4) is 0 Å². The van der Waals surface area contributed by atoms with Gasteiger partial charge in [-0.15, -0.1) is 6.58 Å². The van der Waals surface area contributed by atoms with Crippen LogP contribution in [0.1, 0.15) is 5.69 Å². The zero-order valence-electron chi connectivity index (χ0n) is 13.6. The zero-order chi connectivity index (χ0) is 18.1. The van der Waals surface area contributed by atoms with Crippen molar-refractivity contribution in [1.82, 2.24) is 14.9 Å². The summed E-state index contributed by atoms with van der Waals surface area (Å²) in [6, 6.07) is 9.15. The van der Waals surface area contributed by atoms with Crippen molar-refractivity contribution in [1.29, 1.82) is 0 Å². The third-order valence-electron chi connectivity index (χ3n) is 3.20. The Hall–Kier alpha value is -2.58. The van der Waals surface area contributed by atoms with Crippen LogP contribution in [0.25, 0.3) is 0 Å². The summed E-state index contributed by atoms with van der Waals surface area (Å²) in [6.07, 6.45) is 3.08. The number of aliphatic hydroxyl groups is 1. The SMILES string of the molecule is C=CCNC(=O)Cn1c(CO)cnc1SCC(=O)Nc1ccccc1. The van der Waals surface area contributed by atoms with Crippen molar-refractivity contribution in [2.45, 2.75) is 18.3 Å². The van der Waals surface area contributed by atoms with Crippen molar-refractivity contribution in [3.63, 3.8) is 0 Å². The highest BCUT2D eigenvalue weighted by molar-refractivity contribution is 7.99. The number of carbonyl (C=O) groups excluding carboxylic acids is 2. The molecule has 2 amide bonds. The molecule has 0 aliphatic heterocycles. The van der Waals surface area contributed by atoms with Crippen LogP contribution in [0.4, 0.5) is 5.69 Å². The Morgan fingerprint density at radius 2 is 2.04 bits per heavy atom. The number of imidazole rings is 1. The molecule has 0 radical (unpaired) electrons. The van der Waals surface area contributed by atoms with Crippen LogP contribution in [-0.2, 0) is 22.7 Å². The second-order valence-electron chi connectivity index (χ2n) is 5.07. The summed E-state index contributed by atoms with van der Waals surface area (Å²) < 4.78 is 1.60. The lowest BCUT2D eigenvalue weighted by atomic mass is 10.3. The summed E-state index contributed by atoms with van der Waals surface area (Å²) in [7, 11) is 0. The average molecular weight is 360 g/mol. The molecule has 0 saturated heterocycles. The number of nitrogens with one attached hydrogen (secondary N) is 2. The maximum absolute atomic E-state index is 12.0. The molecule has 0 fully saturated rings. The minimum absolute atomic E-state index is 0.0202. The first-order chi connectivity index (χ1) is 12.1. The van der Waals surface area contributed by atoms with E-state index in [2.05, 4.69) is 22.2 Å². The lowest BCUT2D eigenvalue weighted by Crippen LogP contribution is -2.28. The maximum Gasteiger partial charge on any atom is 0.240 e. The molecule has 7 nitrogen and oxygen atoms in total. The van der Waals surface area contributed by atoms with Gasteiger partial charge in [0.15, 0.2) is 5.16 Å². The Labute approximate surface area is 150 Å². The van der Waals surface area contributed by atoms with Gasteiger partial charge in [0.1, 0.15) is 6.54 Å². The molecule has 1 aromatic carbocycles. The van der Waals surface area contributed by atoms with E-state index < -0.39 is 0 Å². The zero-order valence-corrected chi connectivity index (χ0v) is 14.5. The highest BCUT2D eigenvalue weighted by Crippen LogP contribution is 2.19. The van der Waals surface area contributed by atoms with E-state index >= 15 is 0 Å². The monoisotopic (exact) mass is 360 g/mol. The molecule has 0 bridgehead atoms. The smallest absolute Gasteiger partial charge is 0.240 e. The molecule has 1 aromatic heterocycles. The minimum atomic E-state index is -0.238. The molecule has 2 aromatic rings. The Morgan fingerprint density at radius 1 is 1.28 bits per heavy atom. The van der Waals surface area contributed by atoms with E-state index in [1.54, 1.807) is 22.8 Å². The summed E-state index contributed by atoms with van der Waals surface area (Å²) in [5.74, 6) is -0.249. The van der Waals surface area contributed by atoms with Gasteiger partial charge >= 0.3 is 0 Å². The molecule has 1 heterocycles. The predicted octanol–water partition coefficient (Wildman–Crippen LogP) is 1.41. The summed E-state index contributed by atoms with van der Waals surface area (Å²) in [5.41, 5.74) is 1.23. The number of anilines is 1. The van der Waals surface area contributed by atoms with E-state index in [-0.39, 0.29) is 30.7 Å². The van der Waals surface area contributed by atoms with E-state index in [9.17, 15) is 14.7 Å². The second kappa shape index (κ2) is 9.65. The van der Waals surface area contributed by atoms with Crippen LogP contribution in [-0.4, -0.2) is 38.8 Å². The van der Waals surface area contributed by atoms with Gasteiger partial charge < -0.3 is 20.3 Å². The van der Waals surface area contributed by atoms with Crippen LogP contribution < -0.4 is 10.6 Å². The summed E-state index contributed by atoms with van der Waals surface area (Å²) >= 11 is 1.20. The molecule has 0 aliphatic rings. The van der Waals surface area contributed by atoms with Crippen LogP contribution >= 0.6 is 11.8 Å². The Morgan fingerprint density at radius 3 is 2.72 bits per heavy atom. The van der Waals surface area contributed by atoms with Crippen LogP contribution in [0.15, 0.2) is 54.3 Å². The lowest BCUT2D eigenvalue weighted by Gasteiger charge is -2.10. The van der Waals surface area contributed by atoms with Crippen molar-refractivity contribution in [2.75, 3.05) is 17.6 Å². The molecular formula is C17H20N4O3S. The topological polar surface area (TPSA) is 96.2 Å². The van der Waals surface area contributed by atoms with Gasteiger partial charge in [0.2, 0.25) is 11.8 Å². The third-order valence-corrected chi connectivity index (χ3v) is 4.19. The molecule has 0 aliphatic carbocycles. The lowest BCUT2D eigenvalue weighted by molar-refractivity contribution is -0.121. The van der Waals surface area contributed by atoms with E-state index in [0.29, 0.717) is 17.4 Å². The van der Waals surface area contributed by atoms with Crippen LogP contribution in [0.5, 0.6) is 0 Å². The molecule has 0 atom stereocenters. The van der Waals surface area contributed by atoms with Gasteiger partial charge in [-0.1, -0.05) is 36.0 Å². The van der Waals surface area contributed by atoms with Gasteiger partial charge in [-0.2, -0.15) is 0 Å². The van der Waals surface area contributed by atoms with E-state index in [4.69, 9.17) is 0 Å². The number of nitrogens with zero attached hydrogens (tertiary/aromatic N) is 2. The number of carbonyl (C=O) groups is 2. The van der Waals surface area contributed by atoms with Crippen molar-refractivity contribution < 1.29 is 14.7 Å². The maximum atomic E-state index is 12.0. The van der Waals surface area contributed by atoms with Crippen molar-refractivity contribution >= 4 is 29.3 Å². The van der Waals surface area contributed by atoms with E-state index in [1.807, 2.05) is 18.2 Å². The van der Waals surface area contributed by atoms with Crippen LogP contribution in [0.2, 0.25) is 0 Å². The number of hydrogen-bond donors (Lipinski definition) is 3. The fourth-order valence-electron chi connectivity index (χ4n) is 2.04. The summed E-state index contributed by atoms with van der Waals surface area (Å²) in [4.78, 5) is 28.1. The second-order valence-corrected chi connectivity index (χ2v) is 6.01. The summed E-state index contributed by atoms with van der Waals surface area (Å²) in [6.45, 7) is 3.69. The quantitative estimate of drug-likeness (QED) is 0.464. The molecule has 0 unspecified atom stereocenters. The number of thioether (sulfide) groups is 1. The first-order valence-corrected chi connectivity index (χ1v) is 8.63. The highest BCUT2D eigenvalue weighted by Gasteiger charge is 2.14. The van der Waals surface area contributed by atoms with Gasteiger partial charge in [0, 0.05) is 12.2 Å².